The molecular formula is C20H19N3O3S. The number of nitrogens with zero attached hydrogens (tertiary/aromatic N) is 2. The summed E-state index contributed by atoms with van der Waals surface area (Å²) in [5.41, 5.74) is 0.565. The van der Waals surface area contributed by atoms with Gasteiger partial charge in [0.15, 0.2) is 5.03 Å². The van der Waals surface area contributed by atoms with Gasteiger partial charge in [-0.3, -0.25) is 4.79 Å². The van der Waals surface area contributed by atoms with E-state index in [1.54, 1.807) is 25.6 Å². The molecule has 2 aromatic carbocycles. The van der Waals surface area contributed by atoms with Crippen LogP contribution in [0, 0.1) is 0 Å². The minimum absolute atomic E-state index is 0.162. The normalized spacial score (nSPS) is 10.4. The van der Waals surface area contributed by atoms with Gasteiger partial charge < -0.3 is 14.8 Å². The molecule has 0 radical (unpaired) electrons. The van der Waals surface area contributed by atoms with Gasteiger partial charge in [0.25, 0.3) is 11.8 Å². The van der Waals surface area contributed by atoms with Gasteiger partial charge in [0, 0.05) is 30.9 Å². The molecule has 0 saturated carbocycles. The van der Waals surface area contributed by atoms with Crippen LogP contribution >= 0.6 is 11.8 Å². The first kappa shape index (κ1) is 18.9. The van der Waals surface area contributed by atoms with Gasteiger partial charge in [-0.2, -0.15) is 0 Å². The Balaban J connectivity index is 1.81. The molecule has 3 rings (SSSR count). The number of para-hydroxylation sites is 1. The van der Waals surface area contributed by atoms with Gasteiger partial charge >= 0.3 is 0 Å². The van der Waals surface area contributed by atoms with E-state index in [0.717, 1.165) is 4.90 Å². The molecule has 3 aromatic rings. The summed E-state index contributed by atoms with van der Waals surface area (Å²) in [5, 5.41) is 3.42. The highest BCUT2D eigenvalue weighted by Gasteiger charge is 2.15. The second-order valence-corrected chi connectivity index (χ2v) is 6.46. The summed E-state index contributed by atoms with van der Waals surface area (Å²) in [5.74, 6) is 0.901. The Hall–Kier alpha value is -2.90. The summed E-state index contributed by atoms with van der Waals surface area (Å²) in [7, 11) is 1.60. The van der Waals surface area contributed by atoms with E-state index in [2.05, 4.69) is 15.3 Å². The minimum Gasteiger partial charge on any atom is -0.437 e. The second kappa shape index (κ2) is 9.70. The molecule has 0 aliphatic heterocycles. The fourth-order valence-electron chi connectivity index (χ4n) is 2.26. The minimum atomic E-state index is -0.162. The first-order valence-corrected chi connectivity index (χ1v) is 9.17. The molecule has 0 fully saturated rings. The molecule has 1 amide bonds. The molecule has 7 heteroatoms. The topological polar surface area (TPSA) is 73.3 Å². The monoisotopic (exact) mass is 381 g/mol. The van der Waals surface area contributed by atoms with E-state index in [1.165, 1.54) is 11.8 Å². The van der Waals surface area contributed by atoms with E-state index in [-0.39, 0.29) is 5.91 Å². The van der Waals surface area contributed by atoms with E-state index in [9.17, 15) is 4.79 Å². The average molecular weight is 381 g/mol. The molecule has 0 spiro atoms. The highest BCUT2D eigenvalue weighted by atomic mass is 32.2. The lowest BCUT2D eigenvalue weighted by Gasteiger charge is -2.11. The molecule has 0 unspecified atom stereocenters. The Labute approximate surface area is 162 Å². The zero-order valence-electron chi connectivity index (χ0n) is 14.8. The van der Waals surface area contributed by atoms with Gasteiger partial charge in [-0.05, 0) is 24.3 Å². The van der Waals surface area contributed by atoms with Crippen LogP contribution in [-0.4, -0.2) is 36.1 Å². The fourth-order valence-corrected chi connectivity index (χ4v) is 3.18. The number of hydrogen-bond donors (Lipinski definition) is 1. The van der Waals surface area contributed by atoms with Crippen molar-refractivity contribution in [2.24, 2.45) is 0 Å². The Kier molecular flexibility index (Phi) is 6.78. The fraction of sp³-hybridized carbons (Fsp3) is 0.150. The van der Waals surface area contributed by atoms with Crippen LogP contribution in [0.5, 0.6) is 11.6 Å². The Morgan fingerprint density at radius 1 is 1.04 bits per heavy atom. The van der Waals surface area contributed by atoms with Crippen molar-refractivity contribution in [1.82, 2.24) is 15.3 Å². The SMILES string of the molecule is COCCNC(=O)c1ccccc1Sc1nccnc1Oc1ccccc1. The lowest BCUT2D eigenvalue weighted by atomic mass is 10.2. The predicted molar refractivity (Wildman–Crippen MR) is 103 cm³/mol. The summed E-state index contributed by atoms with van der Waals surface area (Å²) in [4.78, 5) is 21.9. The van der Waals surface area contributed by atoms with Crippen LogP contribution in [0.25, 0.3) is 0 Å². The standard InChI is InChI=1S/C20H19N3O3S/c1-25-14-13-21-18(24)16-9-5-6-10-17(16)27-20-19(22-11-12-23-20)26-15-7-3-2-4-8-15/h2-12H,13-14H2,1H3,(H,21,24). The third-order valence-electron chi connectivity index (χ3n) is 3.52. The third kappa shape index (κ3) is 5.29. The average Bonchev–Trinajstić information content (AvgIpc) is 2.71. The maximum atomic E-state index is 12.5. The van der Waals surface area contributed by atoms with Crippen LogP contribution in [0.3, 0.4) is 0 Å². The van der Waals surface area contributed by atoms with Gasteiger partial charge in [0.2, 0.25) is 0 Å². The van der Waals surface area contributed by atoms with E-state index >= 15 is 0 Å². The van der Waals surface area contributed by atoms with Crippen molar-refractivity contribution in [3.05, 3.63) is 72.6 Å². The summed E-state index contributed by atoms with van der Waals surface area (Å²) in [6.45, 7) is 0.905. The van der Waals surface area contributed by atoms with Gasteiger partial charge in [0.05, 0.1) is 12.2 Å². The van der Waals surface area contributed by atoms with E-state index in [4.69, 9.17) is 9.47 Å². The molecule has 1 heterocycles. The predicted octanol–water partition coefficient (Wildman–Crippen LogP) is 3.80. The number of carbonyl (C=O) groups excluding carboxylic acids is 1. The highest BCUT2D eigenvalue weighted by molar-refractivity contribution is 7.99. The van der Waals surface area contributed by atoms with Crippen LogP contribution in [0.15, 0.2) is 76.9 Å². The van der Waals surface area contributed by atoms with Gasteiger partial charge in [-0.25, -0.2) is 9.97 Å². The van der Waals surface area contributed by atoms with Gasteiger partial charge in [-0.1, -0.05) is 42.1 Å². The molecule has 0 saturated heterocycles. The first-order valence-electron chi connectivity index (χ1n) is 8.36. The van der Waals surface area contributed by atoms with Crippen molar-refractivity contribution in [2.75, 3.05) is 20.3 Å². The van der Waals surface area contributed by atoms with E-state index < -0.39 is 0 Å². The lowest BCUT2D eigenvalue weighted by Crippen LogP contribution is -2.27. The number of rotatable bonds is 8. The molecule has 27 heavy (non-hydrogen) atoms. The van der Waals surface area contributed by atoms with Crippen LogP contribution < -0.4 is 10.1 Å². The maximum Gasteiger partial charge on any atom is 0.252 e. The molecule has 0 aliphatic rings. The Morgan fingerprint density at radius 2 is 1.78 bits per heavy atom. The molecule has 0 bridgehead atoms. The zero-order valence-corrected chi connectivity index (χ0v) is 15.6. The summed E-state index contributed by atoms with van der Waals surface area (Å²) < 4.78 is 10.8. The molecule has 6 nitrogen and oxygen atoms in total. The zero-order chi connectivity index (χ0) is 18.9. The van der Waals surface area contributed by atoms with Gasteiger partial charge in [0.1, 0.15) is 5.75 Å². The van der Waals surface area contributed by atoms with Gasteiger partial charge in [-0.15, -0.1) is 0 Å². The Morgan fingerprint density at radius 3 is 2.59 bits per heavy atom. The molecule has 0 aliphatic carbocycles. The van der Waals surface area contributed by atoms with Crippen molar-refractivity contribution in [3.8, 4) is 11.6 Å². The number of methoxy groups -OCH3 is 1. The second-order valence-electron chi connectivity index (χ2n) is 5.43. The summed E-state index contributed by atoms with van der Waals surface area (Å²) >= 11 is 1.34. The molecule has 1 N–H and O–H groups in total. The van der Waals surface area contributed by atoms with Crippen LogP contribution in [0.2, 0.25) is 0 Å². The van der Waals surface area contributed by atoms with Crippen LogP contribution in [0.4, 0.5) is 0 Å². The largest absolute Gasteiger partial charge is 0.437 e. The summed E-state index contributed by atoms with van der Waals surface area (Å²) in [6.07, 6.45) is 3.17. The summed E-state index contributed by atoms with van der Waals surface area (Å²) in [6, 6.07) is 16.7. The third-order valence-corrected chi connectivity index (χ3v) is 4.57. The van der Waals surface area contributed by atoms with Crippen molar-refractivity contribution >= 4 is 17.7 Å². The molecule has 0 atom stereocenters. The quantitative estimate of drug-likeness (QED) is 0.599. The molecule has 138 valence electrons. The smallest absolute Gasteiger partial charge is 0.252 e. The van der Waals surface area contributed by atoms with Crippen molar-refractivity contribution in [2.45, 2.75) is 9.92 Å². The van der Waals surface area contributed by atoms with Crippen molar-refractivity contribution in [3.63, 3.8) is 0 Å². The Bertz CT molecular complexity index is 890. The number of hydrogen-bond acceptors (Lipinski definition) is 6. The van der Waals surface area contributed by atoms with Crippen LogP contribution in [0.1, 0.15) is 10.4 Å². The number of nitrogens with one attached hydrogen (secondary N) is 1. The maximum absolute atomic E-state index is 12.5. The lowest BCUT2D eigenvalue weighted by molar-refractivity contribution is 0.0934. The number of carbonyl (C=O) groups is 1. The number of amides is 1. The van der Waals surface area contributed by atoms with E-state index in [1.807, 2.05) is 48.5 Å². The highest BCUT2D eigenvalue weighted by Crippen LogP contribution is 2.35. The number of aromatic nitrogens is 2. The van der Waals surface area contributed by atoms with Crippen molar-refractivity contribution < 1.29 is 14.3 Å². The molecular weight excluding hydrogens is 362 g/mol. The van der Waals surface area contributed by atoms with Crippen LogP contribution in [-0.2, 0) is 4.74 Å². The number of ether oxygens (including phenoxy) is 2. The first-order chi connectivity index (χ1) is 13.3. The molecule has 1 aromatic heterocycles. The number of benzene rings is 2. The van der Waals surface area contributed by atoms with E-state index in [0.29, 0.717) is 35.4 Å². The van der Waals surface area contributed by atoms with Crippen molar-refractivity contribution in [1.29, 1.82) is 0 Å².